The molecule has 0 unspecified atom stereocenters. The van der Waals surface area contributed by atoms with Crippen LogP contribution in [0.4, 0.5) is 0 Å². The SMILES string of the molecule is O=C(O)c1c(CNCc2ccccc2Cl)c2ccccc2n1Cc1ccccc1. The van der Waals surface area contributed by atoms with Crippen molar-refractivity contribution < 1.29 is 9.90 Å². The molecule has 5 heteroatoms. The molecule has 0 amide bonds. The highest BCUT2D eigenvalue weighted by molar-refractivity contribution is 6.31. The Balaban J connectivity index is 1.70. The second kappa shape index (κ2) is 8.52. The maximum Gasteiger partial charge on any atom is 0.352 e. The van der Waals surface area contributed by atoms with Crippen LogP contribution in [0.2, 0.25) is 5.02 Å². The Morgan fingerprint density at radius 1 is 0.897 bits per heavy atom. The number of para-hydroxylation sites is 1. The molecule has 0 aliphatic carbocycles. The number of aromatic carboxylic acids is 1. The van der Waals surface area contributed by atoms with Crippen molar-refractivity contribution in [3.8, 4) is 0 Å². The van der Waals surface area contributed by atoms with Gasteiger partial charge in [-0.05, 0) is 23.3 Å². The Labute approximate surface area is 174 Å². The first-order valence-electron chi connectivity index (χ1n) is 9.46. The van der Waals surface area contributed by atoms with Gasteiger partial charge in [0.1, 0.15) is 5.69 Å². The van der Waals surface area contributed by atoms with E-state index in [-0.39, 0.29) is 0 Å². The molecule has 0 radical (unpaired) electrons. The molecule has 0 aliphatic rings. The highest BCUT2D eigenvalue weighted by atomic mass is 35.5. The molecule has 2 N–H and O–H groups in total. The van der Waals surface area contributed by atoms with Crippen molar-refractivity contribution in [2.24, 2.45) is 0 Å². The fourth-order valence-electron chi connectivity index (χ4n) is 3.69. The molecule has 3 aromatic carbocycles. The molecule has 1 heterocycles. The van der Waals surface area contributed by atoms with Crippen molar-refractivity contribution in [1.82, 2.24) is 9.88 Å². The topological polar surface area (TPSA) is 54.3 Å². The number of carboxylic acids is 1. The van der Waals surface area contributed by atoms with Gasteiger partial charge in [-0.15, -0.1) is 0 Å². The summed E-state index contributed by atoms with van der Waals surface area (Å²) in [6, 6.07) is 25.4. The van der Waals surface area contributed by atoms with E-state index in [0.717, 1.165) is 27.6 Å². The van der Waals surface area contributed by atoms with Gasteiger partial charge in [0, 0.05) is 41.1 Å². The van der Waals surface area contributed by atoms with Gasteiger partial charge in [0.2, 0.25) is 0 Å². The van der Waals surface area contributed by atoms with Gasteiger partial charge >= 0.3 is 5.97 Å². The normalized spacial score (nSPS) is 11.1. The van der Waals surface area contributed by atoms with Crippen LogP contribution in [0, 0.1) is 0 Å². The molecule has 4 rings (SSSR count). The van der Waals surface area contributed by atoms with Gasteiger partial charge in [0.15, 0.2) is 0 Å². The summed E-state index contributed by atoms with van der Waals surface area (Å²) in [5.74, 6) is -0.924. The molecule has 0 bridgehead atoms. The first kappa shape index (κ1) is 19.2. The van der Waals surface area contributed by atoms with Crippen LogP contribution in [0.25, 0.3) is 10.9 Å². The van der Waals surface area contributed by atoms with Crippen LogP contribution < -0.4 is 5.32 Å². The highest BCUT2D eigenvalue weighted by Gasteiger charge is 2.22. The lowest BCUT2D eigenvalue weighted by atomic mass is 10.1. The number of carboxylic acid groups (broad SMARTS) is 1. The first-order chi connectivity index (χ1) is 14.1. The summed E-state index contributed by atoms with van der Waals surface area (Å²) in [6.07, 6.45) is 0. The zero-order valence-corrected chi connectivity index (χ0v) is 16.6. The van der Waals surface area contributed by atoms with Crippen molar-refractivity contribution >= 4 is 28.5 Å². The molecule has 0 fully saturated rings. The molecular weight excluding hydrogens is 384 g/mol. The minimum absolute atomic E-state index is 0.321. The number of aromatic nitrogens is 1. The summed E-state index contributed by atoms with van der Waals surface area (Å²) in [5.41, 5.74) is 4.08. The average molecular weight is 405 g/mol. The average Bonchev–Trinajstić information content (AvgIpc) is 3.04. The Kier molecular flexibility index (Phi) is 5.65. The van der Waals surface area contributed by atoms with Gasteiger partial charge in [-0.2, -0.15) is 0 Å². The minimum Gasteiger partial charge on any atom is -0.477 e. The van der Waals surface area contributed by atoms with Gasteiger partial charge in [-0.25, -0.2) is 4.79 Å². The molecule has 0 spiro atoms. The van der Waals surface area contributed by atoms with Gasteiger partial charge in [-0.1, -0.05) is 78.3 Å². The lowest BCUT2D eigenvalue weighted by Gasteiger charge is -2.10. The predicted molar refractivity (Wildman–Crippen MR) is 116 cm³/mol. The lowest BCUT2D eigenvalue weighted by molar-refractivity contribution is 0.0685. The number of nitrogens with zero attached hydrogens (tertiary/aromatic N) is 1. The summed E-state index contributed by atoms with van der Waals surface area (Å²) < 4.78 is 1.89. The van der Waals surface area contributed by atoms with E-state index >= 15 is 0 Å². The Morgan fingerprint density at radius 3 is 2.34 bits per heavy atom. The Bertz CT molecular complexity index is 1150. The van der Waals surface area contributed by atoms with Crippen molar-refractivity contribution in [3.05, 3.63) is 106 Å². The fourth-order valence-corrected chi connectivity index (χ4v) is 3.90. The second-order valence-electron chi connectivity index (χ2n) is 6.92. The molecule has 0 saturated heterocycles. The standard InChI is InChI=1S/C24H21ClN2O2/c25-21-12-6-4-10-18(21)14-26-15-20-19-11-5-7-13-22(19)27(23(20)24(28)29)16-17-8-2-1-3-9-17/h1-13,26H,14-16H2,(H,28,29). The van der Waals surface area contributed by atoms with Crippen LogP contribution >= 0.6 is 11.6 Å². The molecule has 29 heavy (non-hydrogen) atoms. The summed E-state index contributed by atoms with van der Waals surface area (Å²) in [5, 5.41) is 15.0. The van der Waals surface area contributed by atoms with Gasteiger partial charge in [0.25, 0.3) is 0 Å². The van der Waals surface area contributed by atoms with E-state index in [1.54, 1.807) is 0 Å². The van der Waals surface area contributed by atoms with Crippen LogP contribution in [0.3, 0.4) is 0 Å². The number of nitrogens with one attached hydrogen (secondary N) is 1. The van der Waals surface area contributed by atoms with Gasteiger partial charge < -0.3 is 15.0 Å². The van der Waals surface area contributed by atoms with Gasteiger partial charge in [0.05, 0.1) is 0 Å². The maximum absolute atomic E-state index is 12.2. The van der Waals surface area contributed by atoms with E-state index in [9.17, 15) is 9.90 Å². The zero-order valence-electron chi connectivity index (χ0n) is 15.8. The molecular formula is C24H21ClN2O2. The van der Waals surface area contributed by atoms with E-state index in [1.807, 2.05) is 83.4 Å². The number of halogens is 1. The third-order valence-electron chi connectivity index (χ3n) is 5.04. The zero-order chi connectivity index (χ0) is 20.2. The van der Waals surface area contributed by atoms with Crippen molar-refractivity contribution in [2.45, 2.75) is 19.6 Å². The molecule has 0 atom stereocenters. The Hall–Kier alpha value is -3.08. The number of hydrogen-bond acceptors (Lipinski definition) is 2. The van der Waals surface area contributed by atoms with Crippen molar-refractivity contribution in [1.29, 1.82) is 0 Å². The highest BCUT2D eigenvalue weighted by Crippen LogP contribution is 2.28. The second-order valence-corrected chi connectivity index (χ2v) is 7.32. The summed E-state index contributed by atoms with van der Waals surface area (Å²) in [7, 11) is 0. The predicted octanol–water partition coefficient (Wildman–Crippen LogP) is 5.33. The van der Waals surface area contributed by atoms with Gasteiger partial charge in [-0.3, -0.25) is 0 Å². The monoisotopic (exact) mass is 404 g/mol. The third-order valence-corrected chi connectivity index (χ3v) is 5.41. The summed E-state index contributed by atoms with van der Waals surface area (Å²) >= 11 is 6.24. The van der Waals surface area contributed by atoms with Crippen LogP contribution in [0.1, 0.15) is 27.2 Å². The van der Waals surface area contributed by atoms with Crippen LogP contribution in [0.5, 0.6) is 0 Å². The van der Waals surface area contributed by atoms with E-state index < -0.39 is 5.97 Å². The van der Waals surface area contributed by atoms with Crippen molar-refractivity contribution in [2.75, 3.05) is 0 Å². The van der Waals surface area contributed by atoms with E-state index in [2.05, 4.69) is 5.32 Å². The van der Waals surface area contributed by atoms with Crippen molar-refractivity contribution in [3.63, 3.8) is 0 Å². The smallest absolute Gasteiger partial charge is 0.352 e. The number of benzene rings is 3. The quantitative estimate of drug-likeness (QED) is 0.437. The van der Waals surface area contributed by atoms with E-state index in [0.29, 0.717) is 30.4 Å². The molecule has 0 saturated carbocycles. The number of rotatable bonds is 7. The number of hydrogen-bond donors (Lipinski definition) is 2. The summed E-state index contributed by atoms with van der Waals surface area (Å²) in [4.78, 5) is 12.2. The number of carbonyl (C=O) groups is 1. The summed E-state index contributed by atoms with van der Waals surface area (Å²) in [6.45, 7) is 1.51. The van der Waals surface area contributed by atoms with Crippen LogP contribution in [0.15, 0.2) is 78.9 Å². The van der Waals surface area contributed by atoms with E-state index in [1.165, 1.54) is 0 Å². The number of fused-ring (bicyclic) bond motifs is 1. The molecule has 4 aromatic rings. The minimum atomic E-state index is -0.924. The molecule has 0 aliphatic heterocycles. The first-order valence-corrected chi connectivity index (χ1v) is 9.84. The fraction of sp³-hybridized carbons (Fsp3) is 0.125. The lowest BCUT2D eigenvalue weighted by Crippen LogP contribution is -2.17. The van der Waals surface area contributed by atoms with E-state index in [4.69, 9.17) is 11.6 Å². The largest absolute Gasteiger partial charge is 0.477 e. The maximum atomic E-state index is 12.2. The molecule has 4 nitrogen and oxygen atoms in total. The molecule has 146 valence electrons. The van der Waals surface area contributed by atoms with Crippen LogP contribution in [-0.2, 0) is 19.6 Å². The third kappa shape index (κ3) is 4.04. The van der Waals surface area contributed by atoms with Crippen LogP contribution in [-0.4, -0.2) is 15.6 Å². The molecule has 1 aromatic heterocycles. The Morgan fingerprint density at radius 2 is 1.59 bits per heavy atom.